The Hall–Kier alpha value is -2.60. The minimum Gasteiger partial charge on any atom is -0.371 e. The topological polar surface area (TPSA) is 75.5 Å². The minimum absolute atomic E-state index is 0.0179. The van der Waals surface area contributed by atoms with Crippen molar-refractivity contribution in [1.82, 2.24) is 0 Å². The van der Waals surface area contributed by atoms with Gasteiger partial charge in [0.15, 0.2) is 0 Å². The van der Waals surface area contributed by atoms with Crippen LogP contribution in [0, 0.1) is 17.0 Å². The zero-order valence-corrected chi connectivity index (χ0v) is 14.5. The van der Waals surface area contributed by atoms with E-state index in [1.54, 1.807) is 0 Å². The SMILES string of the molecule is Cc1cc(NC(=O)c2ccc(Cl)cc2[N+](=O)[O-])ccc1N1CCCC1. The fraction of sp³-hybridized carbons (Fsp3) is 0.278. The van der Waals surface area contributed by atoms with E-state index >= 15 is 0 Å². The van der Waals surface area contributed by atoms with Gasteiger partial charge in [-0.25, -0.2) is 0 Å². The number of hydrogen-bond donors (Lipinski definition) is 1. The molecule has 7 heteroatoms. The summed E-state index contributed by atoms with van der Waals surface area (Å²) in [5, 5.41) is 14.1. The van der Waals surface area contributed by atoms with Gasteiger partial charge in [0.2, 0.25) is 0 Å². The highest BCUT2D eigenvalue weighted by atomic mass is 35.5. The van der Waals surface area contributed by atoms with Crippen LogP contribution in [0.15, 0.2) is 36.4 Å². The van der Waals surface area contributed by atoms with Gasteiger partial charge >= 0.3 is 0 Å². The third-order valence-electron chi connectivity index (χ3n) is 4.30. The van der Waals surface area contributed by atoms with Crippen molar-refractivity contribution >= 4 is 34.6 Å². The molecule has 130 valence electrons. The Labute approximate surface area is 150 Å². The Kier molecular flexibility index (Phi) is 4.90. The molecule has 6 nitrogen and oxygen atoms in total. The summed E-state index contributed by atoms with van der Waals surface area (Å²) in [4.78, 5) is 25.3. The molecule has 0 atom stereocenters. The first-order valence-electron chi connectivity index (χ1n) is 8.06. The maximum atomic E-state index is 12.4. The van der Waals surface area contributed by atoms with Gasteiger partial charge in [-0.15, -0.1) is 0 Å². The number of nitro groups is 1. The monoisotopic (exact) mass is 359 g/mol. The molecule has 1 saturated heterocycles. The lowest BCUT2D eigenvalue weighted by Gasteiger charge is -2.20. The summed E-state index contributed by atoms with van der Waals surface area (Å²) in [6, 6.07) is 9.69. The molecule has 1 N–H and O–H groups in total. The Bertz CT molecular complexity index is 832. The van der Waals surface area contributed by atoms with Crippen LogP contribution in [0.1, 0.15) is 28.8 Å². The molecule has 0 saturated carbocycles. The Balaban J connectivity index is 1.82. The van der Waals surface area contributed by atoms with Gasteiger partial charge in [0.1, 0.15) is 5.56 Å². The number of aryl methyl sites for hydroxylation is 1. The number of nitro benzene ring substituents is 1. The summed E-state index contributed by atoms with van der Waals surface area (Å²) in [5.74, 6) is -0.531. The van der Waals surface area contributed by atoms with Crippen molar-refractivity contribution in [2.45, 2.75) is 19.8 Å². The van der Waals surface area contributed by atoms with Crippen molar-refractivity contribution in [3.8, 4) is 0 Å². The van der Waals surface area contributed by atoms with Crippen LogP contribution in [0.2, 0.25) is 5.02 Å². The second-order valence-corrected chi connectivity index (χ2v) is 6.50. The number of hydrogen-bond acceptors (Lipinski definition) is 4. The van der Waals surface area contributed by atoms with Crippen LogP contribution in [0.3, 0.4) is 0 Å². The van der Waals surface area contributed by atoms with Crippen molar-refractivity contribution in [2.24, 2.45) is 0 Å². The molecule has 1 heterocycles. The number of carbonyl (C=O) groups excluding carboxylic acids is 1. The Morgan fingerprint density at radius 3 is 2.56 bits per heavy atom. The fourth-order valence-corrected chi connectivity index (χ4v) is 3.26. The van der Waals surface area contributed by atoms with Gasteiger partial charge in [-0.1, -0.05) is 11.6 Å². The quantitative estimate of drug-likeness (QED) is 0.648. The van der Waals surface area contributed by atoms with Crippen molar-refractivity contribution in [3.05, 3.63) is 62.7 Å². The predicted octanol–water partition coefficient (Wildman–Crippen LogP) is 4.41. The molecule has 2 aromatic rings. The van der Waals surface area contributed by atoms with Gasteiger partial charge in [-0.2, -0.15) is 0 Å². The number of amides is 1. The molecule has 3 rings (SSSR count). The average molecular weight is 360 g/mol. The van der Waals surface area contributed by atoms with E-state index in [-0.39, 0.29) is 16.3 Å². The molecule has 0 unspecified atom stereocenters. The standard InChI is InChI=1S/C18H18ClN3O3/c1-12-10-14(5-7-16(12)21-8-2-3-9-21)20-18(23)15-6-4-13(19)11-17(15)22(24)25/h4-7,10-11H,2-3,8-9H2,1H3,(H,20,23). The first-order valence-corrected chi connectivity index (χ1v) is 8.44. The van der Waals surface area contributed by atoms with Crippen molar-refractivity contribution in [1.29, 1.82) is 0 Å². The van der Waals surface area contributed by atoms with Gasteiger partial charge in [-0.3, -0.25) is 14.9 Å². The molecule has 1 fully saturated rings. The molecule has 1 amide bonds. The smallest absolute Gasteiger partial charge is 0.283 e. The van der Waals surface area contributed by atoms with E-state index in [0.717, 1.165) is 24.3 Å². The fourth-order valence-electron chi connectivity index (χ4n) is 3.09. The van der Waals surface area contributed by atoms with E-state index in [9.17, 15) is 14.9 Å². The molecular formula is C18H18ClN3O3. The molecule has 1 aliphatic heterocycles. The molecule has 2 aromatic carbocycles. The van der Waals surface area contributed by atoms with Gasteiger partial charge in [-0.05, 0) is 55.7 Å². The maximum Gasteiger partial charge on any atom is 0.283 e. The number of nitrogens with one attached hydrogen (secondary N) is 1. The summed E-state index contributed by atoms with van der Waals surface area (Å²) in [6.07, 6.45) is 2.39. The molecule has 0 spiro atoms. The second kappa shape index (κ2) is 7.11. The lowest BCUT2D eigenvalue weighted by Crippen LogP contribution is -2.19. The van der Waals surface area contributed by atoms with Gasteiger partial charge in [0.05, 0.1) is 4.92 Å². The molecule has 0 radical (unpaired) electrons. The molecule has 0 aliphatic carbocycles. The van der Waals surface area contributed by atoms with Crippen molar-refractivity contribution in [3.63, 3.8) is 0 Å². The number of carbonyl (C=O) groups is 1. The van der Waals surface area contributed by atoms with E-state index in [1.807, 2.05) is 25.1 Å². The number of anilines is 2. The van der Waals surface area contributed by atoms with E-state index in [4.69, 9.17) is 11.6 Å². The van der Waals surface area contributed by atoms with Crippen molar-refractivity contribution in [2.75, 3.05) is 23.3 Å². The summed E-state index contributed by atoms with van der Waals surface area (Å²) in [7, 11) is 0. The second-order valence-electron chi connectivity index (χ2n) is 6.07. The normalized spacial score (nSPS) is 13.8. The molecule has 25 heavy (non-hydrogen) atoms. The highest BCUT2D eigenvalue weighted by Crippen LogP contribution is 2.28. The van der Waals surface area contributed by atoms with Gasteiger partial charge < -0.3 is 10.2 Å². The largest absolute Gasteiger partial charge is 0.371 e. The zero-order chi connectivity index (χ0) is 18.0. The summed E-state index contributed by atoms with van der Waals surface area (Å²) < 4.78 is 0. The highest BCUT2D eigenvalue weighted by Gasteiger charge is 2.21. The van der Waals surface area contributed by atoms with E-state index in [0.29, 0.717) is 5.69 Å². The van der Waals surface area contributed by atoms with Crippen LogP contribution in [0.4, 0.5) is 17.1 Å². The molecule has 0 bridgehead atoms. The van der Waals surface area contributed by atoms with E-state index in [1.165, 1.54) is 31.0 Å². The first kappa shape index (κ1) is 17.2. The number of nitrogens with zero attached hydrogens (tertiary/aromatic N) is 2. The maximum absolute atomic E-state index is 12.4. The highest BCUT2D eigenvalue weighted by molar-refractivity contribution is 6.31. The van der Waals surface area contributed by atoms with Crippen molar-refractivity contribution < 1.29 is 9.72 Å². The van der Waals surface area contributed by atoms with Gasteiger partial charge in [0.25, 0.3) is 11.6 Å². The average Bonchev–Trinajstić information content (AvgIpc) is 3.09. The predicted molar refractivity (Wildman–Crippen MR) is 98.7 cm³/mol. The third-order valence-corrected chi connectivity index (χ3v) is 4.54. The Morgan fingerprint density at radius 1 is 1.20 bits per heavy atom. The van der Waals surface area contributed by atoms with Crippen LogP contribution >= 0.6 is 11.6 Å². The minimum atomic E-state index is -0.609. The van der Waals surface area contributed by atoms with Crippen LogP contribution in [0.25, 0.3) is 0 Å². The third kappa shape index (κ3) is 3.74. The van der Waals surface area contributed by atoms with Crippen LogP contribution in [-0.4, -0.2) is 23.9 Å². The van der Waals surface area contributed by atoms with Crippen LogP contribution < -0.4 is 10.2 Å². The first-order chi connectivity index (χ1) is 12.0. The number of rotatable bonds is 4. The molecule has 1 aliphatic rings. The number of halogens is 1. The zero-order valence-electron chi connectivity index (χ0n) is 13.8. The van der Waals surface area contributed by atoms with Crippen LogP contribution in [-0.2, 0) is 0 Å². The molecular weight excluding hydrogens is 342 g/mol. The molecule has 0 aromatic heterocycles. The van der Waals surface area contributed by atoms with E-state index < -0.39 is 10.8 Å². The Morgan fingerprint density at radius 2 is 1.92 bits per heavy atom. The summed E-state index contributed by atoms with van der Waals surface area (Å²) in [5.41, 5.74) is 2.50. The van der Waals surface area contributed by atoms with Gasteiger partial charge in [0, 0.05) is 35.6 Å². The lowest BCUT2D eigenvalue weighted by atomic mass is 10.1. The summed E-state index contributed by atoms with van der Waals surface area (Å²) >= 11 is 5.79. The van der Waals surface area contributed by atoms with Crippen LogP contribution in [0.5, 0.6) is 0 Å². The summed E-state index contributed by atoms with van der Waals surface area (Å²) in [6.45, 7) is 4.08. The lowest BCUT2D eigenvalue weighted by molar-refractivity contribution is -0.385. The van der Waals surface area contributed by atoms with E-state index in [2.05, 4.69) is 10.2 Å². The number of benzene rings is 2.